The fourth-order valence-electron chi connectivity index (χ4n) is 3.10. The SMILES string of the molecule is CN1C(=O)[C@H](NC(=O)c2nnc(Cc3cccc(F)c3)[nH]2)COc2ccccc21. The molecule has 1 aliphatic rings. The average Bonchev–Trinajstić information content (AvgIpc) is 3.14. The highest BCUT2D eigenvalue weighted by atomic mass is 19.1. The van der Waals surface area contributed by atoms with Crippen molar-refractivity contribution in [3.63, 3.8) is 0 Å². The third kappa shape index (κ3) is 3.93. The summed E-state index contributed by atoms with van der Waals surface area (Å²) in [6, 6.07) is 12.4. The second-order valence-electron chi connectivity index (χ2n) is 6.63. The maximum Gasteiger partial charge on any atom is 0.289 e. The zero-order valence-corrected chi connectivity index (χ0v) is 15.6. The first-order valence-corrected chi connectivity index (χ1v) is 8.97. The van der Waals surface area contributed by atoms with E-state index in [1.165, 1.54) is 17.0 Å². The highest BCUT2D eigenvalue weighted by Gasteiger charge is 2.31. The molecule has 0 spiro atoms. The monoisotopic (exact) mass is 395 g/mol. The number of fused-ring (bicyclic) bond motifs is 1. The Morgan fingerprint density at radius 3 is 2.93 bits per heavy atom. The van der Waals surface area contributed by atoms with E-state index in [1.807, 2.05) is 6.07 Å². The number of nitrogens with zero attached hydrogens (tertiary/aromatic N) is 3. The number of aromatic amines is 1. The van der Waals surface area contributed by atoms with Gasteiger partial charge >= 0.3 is 0 Å². The number of para-hydroxylation sites is 2. The minimum atomic E-state index is -0.878. The Balaban J connectivity index is 1.44. The lowest BCUT2D eigenvalue weighted by molar-refractivity contribution is -0.120. The molecule has 0 fully saturated rings. The predicted molar refractivity (Wildman–Crippen MR) is 102 cm³/mol. The van der Waals surface area contributed by atoms with Crippen LogP contribution < -0.4 is 15.0 Å². The van der Waals surface area contributed by atoms with Gasteiger partial charge in [-0.2, -0.15) is 0 Å². The second-order valence-corrected chi connectivity index (χ2v) is 6.63. The van der Waals surface area contributed by atoms with E-state index in [4.69, 9.17) is 4.74 Å². The van der Waals surface area contributed by atoms with E-state index >= 15 is 0 Å². The van der Waals surface area contributed by atoms with Crippen LogP contribution in [0.5, 0.6) is 5.75 Å². The van der Waals surface area contributed by atoms with Crippen LogP contribution >= 0.6 is 0 Å². The molecule has 3 aromatic rings. The van der Waals surface area contributed by atoms with Crippen molar-refractivity contribution in [2.24, 2.45) is 0 Å². The quantitative estimate of drug-likeness (QED) is 0.700. The molecule has 148 valence electrons. The molecule has 9 heteroatoms. The summed E-state index contributed by atoms with van der Waals surface area (Å²) in [6.07, 6.45) is 0.293. The summed E-state index contributed by atoms with van der Waals surface area (Å²) in [6.45, 7) is -0.00376. The molecule has 1 aliphatic heterocycles. The summed E-state index contributed by atoms with van der Waals surface area (Å²) < 4.78 is 19.0. The van der Waals surface area contributed by atoms with Gasteiger partial charge in [-0.3, -0.25) is 9.59 Å². The van der Waals surface area contributed by atoms with Crippen molar-refractivity contribution in [1.29, 1.82) is 0 Å². The van der Waals surface area contributed by atoms with Crippen molar-refractivity contribution in [3.8, 4) is 5.75 Å². The lowest BCUT2D eigenvalue weighted by Gasteiger charge is -2.19. The Kier molecular flexibility index (Phi) is 4.94. The molecule has 1 aromatic heterocycles. The van der Waals surface area contributed by atoms with E-state index in [9.17, 15) is 14.0 Å². The third-order valence-corrected chi connectivity index (χ3v) is 4.58. The molecule has 29 heavy (non-hydrogen) atoms. The molecular weight excluding hydrogens is 377 g/mol. The van der Waals surface area contributed by atoms with Crippen molar-refractivity contribution >= 4 is 17.5 Å². The number of amides is 2. The molecule has 8 nitrogen and oxygen atoms in total. The number of ether oxygens (including phenoxy) is 1. The molecule has 0 radical (unpaired) electrons. The molecule has 0 saturated heterocycles. The fourth-order valence-corrected chi connectivity index (χ4v) is 3.10. The summed E-state index contributed by atoms with van der Waals surface area (Å²) in [5.41, 5.74) is 1.33. The van der Waals surface area contributed by atoms with Gasteiger partial charge in [-0.05, 0) is 29.8 Å². The molecular formula is C20H18FN5O3. The van der Waals surface area contributed by atoms with Crippen molar-refractivity contribution in [2.45, 2.75) is 12.5 Å². The van der Waals surface area contributed by atoms with Crippen molar-refractivity contribution < 1.29 is 18.7 Å². The number of aromatic nitrogens is 3. The first-order chi connectivity index (χ1) is 14.0. The van der Waals surface area contributed by atoms with E-state index in [0.717, 1.165) is 0 Å². The molecule has 0 aliphatic carbocycles. The standard InChI is InChI=1S/C20H18FN5O3/c1-26-15-7-2-3-8-16(15)29-11-14(20(26)28)22-19(27)18-23-17(24-25-18)10-12-5-4-6-13(21)9-12/h2-9,14H,10-11H2,1H3,(H,22,27)(H,23,24,25)/t14-/m1/s1. The normalized spacial score (nSPS) is 16.0. The molecule has 2 amide bonds. The Bertz CT molecular complexity index is 1070. The Morgan fingerprint density at radius 2 is 2.10 bits per heavy atom. The Hall–Kier alpha value is -3.75. The van der Waals surface area contributed by atoms with E-state index in [2.05, 4.69) is 20.5 Å². The highest BCUT2D eigenvalue weighted by molar-refractivity contribution is 6.02. The van der Waals surface area contributed by atoms with Gasteiger partial charge in [0.2, 0.25) is 5.82 Å². The highest BCUT2D eigenvalue weighted by Crippen LogP contribution is 2.29. The number of rotatable bonds is 4. The first-order valence-electron chi connectivity index (χ1n) is 8.97. The Labute approximate surface area is 165 Å². The van der Waals surface area contributed by atoms with E-state index in [1.54, 1.807) is 37.4 Å². The zero-order valence-electron chi connectivity index (χ0n) is 15.6. The van der Waals surface area contributed by atoms with Crippen LogP contribution in [0.2, 0.25) is 0 Å². The Morgan fingerprint density at radius 1 is 1.28 bits per heavy atom. The van der Waals surface area contributed by atoms with E-state index < -0.39 is 11.9 Å². The summed E-state index contributed by atoms with van der Waals surface area (Å²) in [7, 11) is 1.63. The van der Waals surface area contributed by atoms with E-state index in [0.29, 0.717) is 29.2 Å². The number of hydrogen-bond donors (Lipinski definition) is 2. The van der Waals surface area contributed by atoms with Gasteiger partial charge in [0.05, 0.1) is 5.69 Å². The van der Waals surface area contributed by atoms with Gasteiger partial charge in [-0.1, -0.05) is 24.3 Å². The van der Waals surface area contributed by atoms with Crippen molar-refractivity contribution in [3.05, 3.63) is 71.6 Å². The van der Waals surface area contributed by atoms with Crippen molar-refractivity contribution in [1.82, 2.24) is 20.5 Å². The molecule has 4 rings (SSSR count). The number of halogens is 1. The molecule has 2 heterocycles. The van der Waals surface area contributed by atoms with Gasteiger partial charge in [0.1, 0.15) is 30.0 Å². The number of hydrogen-bond acceptors (Lipinski definition) is 5. The van der Waals surface area contributed by atoms with Gasteiger partial charge in [-0.25, -0.2) is 4.39 Å². The minimum absolute atomic E-state index is 0.00376. The summed E-state index contributed by atoms with van der Waals surface area (Å²) in [4.78, 5) is 29.5. The van der Waals surface area contributed by atoms with Crippen LogP contribution in [0.3, 0.4) is 0 Å². The predicted octanol–water partition coefficient (Wildman–Crippen LogP) is 1.69. The number of benzene rings is 2. The lowest BCUT2D eigenvalue weighted by atomic mass is 10.1. The minimum Gasteiger partial charge on any atom is -0.489 e. The maximum atomic E-state index is 13.3. The van der Waals surface area contributed by atoms with Gasteiger partial charge in [0.15, 0.2) is 0 Å². The van der Waals surface area contributed by atoms with Gasteiger partial charge < -0.3 is 19.9 Å². The van der Waals surface area contributed by atoms with Crippen LogP contribution in [0.25, 0.3) is 0 Å². The van der Waals surface area contributed by atoms with Crippen molar-refractivity contribution in [2.75, 3.05) is 18.6 Å². The van der Waals surface area contributed by atoms with Crippen LogP contribution in [0.4, 0.5) is 10.1 Å². The topological polar surface area (TPSA) is 100 Å². The molecule has 2 N–H and O–H groups in total. The van der Waals surface area contributed by atoms with Crippen LogP contribution in [0.1, 0.15) is 22.0 Å². The summed E-state index contributed by atoms with van der Waals surface area (Å²) >= 11 is 0. The smallest absolute Gasteiger partial charge is 0.289 e. The number of H-pyrrole nitrogens is 1. The number of carbonyl (C=O) groups excluding carboxylic acids is 2. The zero-order chi connectivity index (χ0) is 20.4. The first kappa shape index (κ1) is 18.6. The molecule has 1 atom stereocenters. The van der Waals surface area contributed by atoms with Gasteiger partial charge in [0.25, 0.3) is 11.8 Å². The molecule has 0 unspecified atom stereocenters. The number of likely N-dealkylation sites (N-methyl/N-ethyl adjacent to an activating group) is 1. The molecule has 0 bridgehead atoms. The van der Waals surface area contributed by atoms with Crippen LogP contribution in [0, 0.1) is 5.82 Å². The average molecular weight is 395 g/mol. The summed E-state index contributed by atoms with van der Waals surface area (Å²) in [5.74, 6) is -0.288. The van der Waals surface area contributed by atoms with E-state index in [-0.39, 0.29) is 24.2 Å². The van der Waals surface area contributed by atoms with Gasteiger partial charge in [-0.15, -0.1) is 10.2 Å². The fraction of sp³-hybridized carbons (Fsp3) is 0.200. The lowest BCUT2D eigenvalue weighted by Crippen LogP contribution is -2.49. The third-order valence-electron chi connectivity index (χ3n) is 4.58. The number of nitrogens with one attached hydrogen (secondary N) is 2. The van der Waals surface area contributed by atoms with Crippen LogP contribution in [-0.4, -0.2) is 46.7 Å². The molecule has 0 saturated carbocycles. The van der Waals surface area contributed by atoms with Crippen LogP contribution in [0.15, 0.2) is 48.5 Å². The van der Waals surface area contributed by atoms with Crippen LogP contribution in [-0.2, 0) is 11.2 Å². The summed E-state index contributed by atoms with van der Waals surface area (Å²) in [5, 5.41) is 10.4. The number of anilines is 1. The largest absolute Gasteiger partial charge is 0.489 e. The second kappa shape index (κ2) is 7.70. The maximum absolute atomic E-state index is 13.3. The molecule has 2 aromatic carbocycles. The number of carbonyl (C=O) groups is 2. The van der Waals surface area contributed by atoms with Gasteiger partial charge in [0, 0.05) is 13.5 Å².